The second kappa shape index (κ2) is 8.20. The highest BCUT2D eigenvalue weighted by atomic mass is 32.1. The summed E-state index contributed by atoms with van der Waals surface area (Å²) in [4.78, 5) is 48.1. The topological polar surface area (TPSA) is 106 Å². The van der Waals surface area contributed by atoms with Crippen LogP contribution in [-0.2, 0) is 29.0 Å². The number of anilines is 1. The van der Waals surface area contributed by atoms with E-state index in [1.165, 1.54) is 27.1 Å². The van der Waals surface area contributed by atoms with E-state index in [4.69, 9.17) is 0 Å². The van der Waals surface area contributed by atoms with Crippen molar-refractivity contribution in [3.63, 3.8) is 0 Å². The molecule has 1 aromatic carbocycles. The number of hydrogen-bond acceptors (Lipinski definition) is 7. The monoisotopic (exact) mass is 453 g/mol. The summed E-state index contributed by atoms with van der Waals surface area (Å²) < 4.78 is 2.28. The average molecular weight is 454 g/mol. The van der Waals surface area contributed by atoms with Crippen molar-refractivity contribution in [2.45, 2.75) is 32.2 Å². The van der Waals surface area contributed by atoms with Gasteiger partial charge < -0.3 is 10.6 Å². The molecule has 0 radical (unpaired) electrons. The first kappa shape index (κ1) is 19.8. The van der Waals surface area contributed by atoms with E-state index in [1.54, 1.807) is 11.3 Å². The molecule has 3 aromatic heterocycles. The fraction of sp³-hybridized carbons (Fsp3) is 0.286. The number of benzene rings is 1. The van der Waals surface area contributed by atoms with Gasteiger partial charge in [0, 0.05) is 4.88 Å². The zero-order valence-corrected chi connectivity index (χ0v) is 18.1. The number of aromatic nitrogens is 3. The lowest BCUT2D eigenvalue weighted by Crippen LogP contribution is -2.37. The molecule has 0 saturated heterocycles. The van der Waals surface area contributed by atoms with Crippen molar-refractivity contribution >= 4 is 60.1 Å². The molecule has 2 N–H and O–H groups in total. The molecule has 0 unspecified atom stereocenters. The van der Waals surface area contributed by atoms with Crippen molar-refractivity contribution in [1.29, 1.82) is 0 Å². The largest absolute Gasteiger partial charge is 0.345 e. The predicted molar refractivity (Wildman–Crippen MR) is 122 cm³/mol. The lowest BCUT2D eigenvalue weighted by Gasteiger charge is -2.10. The second-order valence-corrected chi connectivity index (χ2v) is 9.49. The summed E-state index contributed by atoms with van der Waals surface area (Å²) in [6.07, 6.45) is 5.48. The molecule has 158 valence electrons. The zero-order valence-electron chi connectivity index (χ0n) is 16.5. The maximum absolute atomic E-state index is 12.9. The highest BCUT2D eigenvalue weighted by molar-refractivity contribution is 7.22. The molecule has 0 aliphatic heterocycles. The van der Waals surface area contributed by atoms with E-state index in [2.05, 4.69) is 20.6 Å². The SMILES string of the molecule is O=C(Cn1cnc2sc3c(c2c1=O)CCCC3)NCC(=O)Nc1nc2ccccc2s1. The number of rotatable bonds is 5. The lowest BCUT2D eigenvalue weighted by molar-refractivity contribution is -0.124. The molecule has 0 atom stereocenters. The van der Waals surface area contributed by atoms with E-state index in [1.807, 2.05) is 24.3 Å². The van der Waals surface area contributed by atoms with Crippen LogP contribution in [0.1, 0.15) is 23.3 Å². The molecule has 10 heteroatoms. The van der Waals surface area contributed by atoms with E-state index < -0.39 is 5.91 Å². The van der Waals surface area contributed by atoms with Gasteiger partial charge in [-0.05, 0) is 43.4 Å². The van der Waals surface area contributed by atoms with Crippen molar-refractivity contribution < 1.29 is 9.59 Å². The van der Waals surface area contributed by atoms with E-state index in [0.717, 1.165) is 46.3 Å². The molecule has 5 rings (SSSR count). The summed E-state index contributed by atoms with van der Waals surface area (Å²) in [7, 11) is 0. The molecule has 31 heavy (non-hydrogen) atoms. The Morgan fingerprint density at radius 2 is 1.94 bits per heavy atom. The molecule has 0 bridgehead atoms. The first-order valence-electron chi connectivity index (χ1n) is 10.0. The van der Waals surface area contributed by atoms with Gasteiger partial charge in [-0.1, -0.05) is 23.5 Å². The van der Waals surface area contributed by atoms with Crippen molar-refractivity contribution in [1.82, 2.24) is 19.9 Å². The molecule has 3 heterocycles. The summed E-state index contributed by atoms with van der Waals surface area (Å²) >= 11 is 2.94. The Morgan fingerprint density at radius 1 is 1.10 bits per heavy atom. The number of carbonyl (C=O) groups is 2. The van der Waals surface area contributed by atoms with Gasteiger partial charge in [-0.2, -0.15) is 0 Å². The van der Waals surface area contributed by atoms with Crippen LogP contribution in [0.5, 0.6) is 0 Å². The van der Waals surface area contributed by atoms with Crippen LogP contribution < -0.4 is 16.2 Å². The number of thiazole rings is 1. The Bertz CT molecular complexity index is 1340. The highest BCUT2D eigenvalue weighted by Gasteiger charge is 2.20. The minimum Gasteiger partial charge on any atom is -0.345 e. The first-order valence-corrected chi connectivity index (χ1v) is 11.6. The van der Waals surface area contributed by atoms with Gasteiger partial charge in [-0.15, -0.1) is 11.3 Å². The maximum Gasteiger partial charge on any atom is 0.262 e. The molecule has 8 nitrogen and oxygen atoms in total. The lowest BCUT2D eigenvalue weighted by atomic mass is 9.97. The number of thiophene rings is 1. The Morgan fingerprint density at radius 3 is 2.81 bits per heavy atom. The summed E-state index contributed by atoms with van der Waals surface area (Å²) in [6, 6.07) is 7.59. The molecule has 2 amide bonds. The first-order chi connectivity index (χ1) is 15.1. The molecule has 1 aliphatic carbocycles. The van der Waals surface area contributed by atoms with Gasteiger partial charge in [-0.3, -0.25) is 19.0 Å². The van der Waals surface area contributed by atoms with Crippen LogP contribution in [0.25, 0.3) is 20.4 Å². The quantitative estimate of drug-likeness (QED) is 0.483. The fourth-order valence-corrected chi connectivity index (χ4v) is 5.87. The number of nitrogens with one attached hydrogen (secondary N) is 2. The molecular formula is C21H19N5O3S2. The minimum atomic E-state index is -0.424. The van der Waals surface area contributed by atoms with Gasteiger partial charge in [0.05, 0.1) is 28.5 Å². The van der Waals surface area contributed by atoms with Crippen LogP contribution in [-0.4, -0.2) is 32.9 Å². The van der Waals surface area contributed by atoms with Crippen LogP contribution in [0.3, 0.4) is 0 Å². The van der Waals surface area contributed by atoms with E-state index in [9.17, 15) is 14.4 Å². The summed E-state index contributed by atoms with van der Waals surface area (Å²) in [6.45, 7) is -0.381. The van der Waals surface area contributed by atoms with Crippen molar-refractivity contribution in [2.75, 3.05) is 11.9 Å². The maximum atomic E-state index is 12.9. The average Bonchev–Trinajstić information content (AvgIpc) is 3.35. The van der Waals surface area contributed by atoms with Crippen molar-refractivity contribution in [2.24, 2.45) is 0 Å². The minimum absolute atomic E-state index is 0.180. The number of fused-ring (bicyclic) bond motifs is 4. The number of carbonyl (C=O) groups excluding carboxylic acids is 2. The van der Waals surface area contributed by atoms with Crippen molar-refractivity contribution in [3.8, 4) is 0 Å². The molecule has 0 fully saturated rings. The van der Waals surface area contributed by atoms with Gasteiger partial charge >= 0.3 is 0 Å². The van der Waals surface area contributed by atoms with Gasteiger partial charge in [0.1, 0.15) is 11.4 Å². The number of aryl methyl sites for hydroxylation is 2. The van der Waals surface area contributed by atoms with Gasteiger partial charge in [-0.25, -0.2) is 9.97 Å². The summed E-state index contributed by atoms with van der Waals surface area (Å²) in [5, 5.41) is 6.37. The molecule has 0 spiro atoms. The van der Waals surface area contributed by atoms with E-state index >= 15 is 0 Å². The Balaban J connectivity index is 1.23. The van der Waals surface area contributed by atoms with Crippen LogP contribution >= 0.6 is 22.7 Å². The van der Waals surface area contributed by atoms with Gasteiger partial charge in [0.2, 0.25) is 11.8 Å². The fourth-order valence-electron chi connectivity index (χ4n) is 3.77. The van der Waals surface area contributed by atoms with Crippen LogP contribution in [0.4, 0.5) is 5.13 Å². The van der Waals surface area contributed by atoms with Crippen LogP contribution in [0.2, 0.25) is 0 Å². The van der Waals surface area contributed by atoms with Crippen LogP contribution in [0.15, 0.2) is 35.4 Å². The molecule has 1 aliphatic rings. The number of hydrogen-bond donors (Lipinski definition) is 2. The van der Waals surface area contributed by atoms with E-state index in [0.29, 0.717) is 10.5 Å². The Hall–Kier alpha value is -3.11. The third-order valence-corrected chi connectivity index (χ3v) is 7.39. The third kappa shape index (κ3) is 3.96. The van der Waals surface area contributed by atoms with Gasteiger partial charge in [0.25, 0.3) is 5.56 Å². The summed E-state index contributed by atoms with van der Waals surface area (Å²) in [5.74, 6) is -0.799. The van der Waals surface area contributed by atoms with Crippen molar-refractivity contribution in [3.05, 3.63) is 51.4 Å². The highest BCUT2D eigenvalue weighted by Crippen LogP contribution is 2.33. The third-order valence-electron chi connectivity index (χ3n) is 5.24. The zero-order chi connectivity index (χ0) is 21.4. The Labute approximate surface area is 184 Å². The number of amides is 2. The standard InChI is InChI=1S/C21H19N5O3S2/c27-16(25-21-24-13-6-2-4-8-15(13)31-21)9-22-17(28)10-26-11-23-19-18(20(26)29)12-5-1-3-7-14(12)30-19/h2,4,6,8,11H,1,3,5,7,9-10H2,(H,22,28)(H,24,25,27). The Kier molecular flexibility index (Phi) is 5.24. The second-order valence-electron chi connectivity index (χ2n) is 7.38. The van der Waals surface area contributed by atoms with Gasteiger partial charge in [0.15, 0.2) is 5.13 Å². The molecule has 0 saturated carbocycles. The predicted octanol–water partition coefficient (Wildman–Crippen LogP) is 2.70. The van der Waals surface area contributed by atoms with E-state index in [-0.39, 0.29) is 24.6 Å². The molecular weight excluding hydrogens is 434 g/mol. The van der Waals surface area contributed by atoms with Crippen LogP contribution in [0, 0.1) is 0 Å². The smallest absolute Gasteiger partial charge is 0.262 e. The number of nitrogens with zero attached hydrogens (tertiary/aromatic N) is 3. The normalized spacial score (nSPS) is 13.3. The summed E-state index contributed by atoms with van der Waals surface area (Å²) in [5.41, 5.74) is 1.71. The number of para-hydroxylation sites is 1. The molecule has 4 aromatic rings.